The summed E-state index contributed by atoms with van der Waals surface area (Å²) in [6, 6.07) is 2.93. The smallest absolute Gasteiger partial charge is 0.416 e. The van der Waals surface area contributed by atoms with Crippen LogP contribution in [-0.2, 0) is 15.7 Å². The van der Waals surface area contributed by atoms with Gasteiger partial charge in [0.25, 0.3) is 0 Å². The van der Waals surface area contributed by atoms with Crippen molar-refractivity contribution in [2.45, 2.75) is 44.8 Å². The van der Waals surface area contributed by atoms with Gasteiger partial charge < -0.3 is 20.0 Å². The van der Waals surface area contributed by atoms with Crippen LogP contribution in [0.1, 0.15) is 43.7 Å². The minimum absolute atomic E-state index is 0.136. The standard InChI is InChI=1S/C20H22F4N2O3/c1-4-5-15-13(9-25)17(19(2,18(27)28)16(26-15)10-29-3)12-7-6-11(21)8-14(12)20(22,23)24/h6-8,16-17,26H,4-5,10H2,1-3H3,(H,27,28)/p-1. The number of methoxy groups -OCH3 is 1. The van der Waals surface area contributed by atoms with Crippen LogP contribution in [0.25, 0.3) is 0 Å². The maximum Gasteiger partial charge on any atom is 0.416 e. The van der Waals surface area contributed by atoms with Crippen molar-refractivity contribution < 1.29 is 32.2 Å². The summed E-state index contributed by atoms with van der Waals surface area (Å²) in [5, 5.41) is 24.9. The van der Waals surface area contributed by atoms with Crippen LogP contribution in [-0.4, -0.2) is 25.7 Å². The van der Waals surface area contributed by atoms with Crippen molar-refractivity contribution in [1.29, 1.82) is 5.26 Å². The predicted octanol–water partition coefficient (Wildman–Crippen LogP) is 2.88. The number of alkyl halides is 3. The number of carbonyl (C=O) groups excluding carboxylic acids is 1. The minimum atomic E-state index is -4.95. The molecular weight excluding hydrogens is 392 g/mol. The van der Waals surface area contributed by atoms with Gasteiger partial charge in [0.2, 0.25) is 0 Å². The molecular formula is C20H21F4N2O3-. The number of rotatable bonds is 6. The highest BCUT2D eigenvalue weighted by Crippen LogP contribution is 2.50. The first-order valence-corrected chi connectivity index (χ1v) is 8.99. The van der Waals surface area contributed by atoms with Gasteiger partial charge in [-0.25, -0.2) is 4.39 Å². The van der Waals surface area contributed by atoms with E-state index >= 15 is 0 Å². The molecule has 1 aliphatic rings. The highest BCUT2D eigenvalue weighted by atomic mass is 19.4. The Hall–Kier alpha value is -2.60. The summed E-state index contributed by atoms with van der Waals surface area (Å²) in [5.74, 6) is -4.26. The van der Waals surface area contributed by atoms with Crippen molar-refractivity contribution >= 4 is 5.97 Å². The van der Waals surface area contributed by atoms with Crippen LogP contribution in [0.5, 0.6) is 0 Å². The number of carbonyl (C=O) groups is 1. The molecule has 0 radical (unpaired) electrons. The van der Waals surface area contributed by atoms with Crippen molar-refractivity contribution in [3.63, 3.8) is 0 Å². The molecule has 158 valence electrons. The molecule has 3 atom stereocenters. The van der Waals surface area contributed by atoms with E-state index in [4.69, 9.17) is 4.74 Å². The number of halogens is 4. The zero-order chi connectivity index (χ0) is 22.0. The molecule has 29 heavy (non-hydrogen) atoms. The van der Waals surface area contributed by atoms with Gasteiger partial charge in [-0.2, -0.15) is 18.4 Å². The topological polar surface area (TPSA) is 85.2 Å². The van der Waals surface area contributed by atoms with Crippen LogP contribution >= 0.6 is 0 Å². The lowest BCUT2D eigenvalue weighted by molar-refractivity contribution is -0.321. The molecule has 9 heteroatoms. The number of hydrogen-bond donors (Lipinski definition) is 1. The largest absolute Gasteiger partial charge is 0.549 e. The lowest BCUT2D eigenvalue weighted by atomic mass is 9.62. The molecule has 5 nitrogen and oxygen atoms in total. The summed E-state index contributed by atoms with van der Waals surface area (Å²) >= 11 is 0. The first-order valence-electron chi connectivity index (χ1n) is 8.99. The summed E-state index contributed by atoms with van der Waals surface area (Å²) in [6.45, 7) is 2.89. The number of carboxylic acid groups (broad SMARTS) is 1. The van der Waals surface area contributed by atoms with E-state index in [0.717, 1.165) is 12.1 Å². The highest BCUT2D eigenvalue weighted by Gasteiger charge is 2.52. The van der Waals surface area contributed by atoms with Crippen LogP contribution in [0.3, 0.4) is 0 Å². The number of hydrogen-bond acceptors (Lipinski definition) is 5. The Kier molecular flexibility index (Phi) is 6.58. The fourth-order valence-electron chi connectivity index (χ4n) is 3.85. The number of nitriles is 1. The van der Waals surface area contributed by atoms with Crippen molar-refractivity contribution in [3.05, 3.63) is 46.4 Å². The Morgan fingerprint density at radius 1 is 1.41 bits per heavy atom. The van der Waals surface area contributed by atoms with Gasteiger partial charge in [0.15, 0.2) is 0 Å². The molecule has 2 rings (SSSR count). The van der Waals surface area contributed by atoms with E-state index in [-0.39, 0.29) is 12.2 Å². The van der Waals surface area contributed by atoms with Crippen molar-refractivity contribution in [1.82, 2.24) is 5.32 Å². The number of allylic oxidation sites excluding steroid dienone is 2. The third-order valence-electron chi connectivity index (χ3n) is 5.31. The maximum atomic E-state index is 13.7. The number of ether oxygens (including phenoxy) is 1. The lowest BCUT2D eigenvalue weighted by Gasteiger charge is -2.49. The molecule has 0 fully saturated rings. The van der Waals surface area contributed by atoms with Crippen LogP contribution in [0.2, 0.25) is 0 Å². The van der Waals surface area contributed by atoms with Crippen LogP contribution in [0.15, 0.2) is 29.5 Å². The van der Waals surface area contributed by atoms with Gasteiger partial charge in [-0.1, -0.05) is 26.3 Å². The van der Waals surface area contributed by atoms with Gasteiger partial charge in [0.05, 0.1) is 35.8 Å². The zero-order valence-corrected chi connectivity index (χ0v) is 16.2. The quantitative estimate of drug-likeness (QED) is 0.725. The average Bonchev–Trinajstić information content (AvgIpc) is 2.63. The molecule has 1 aliphatic heterocycles. The van der Waals surface area contributed by atoms with Crippen LogP contribution < -0.4 is 10.4 Å². The number of carboxylic acids is 1. The third kappa shape index (κ3) is 4.08. The maximum absolute atomic E-state index is 13.7. The van der Waals surface area contributed by atoms with Crippen LogP contribution in [0, 0.1) is 22.6 Å². The van der Waals surface area contributed by atoms with E-state index in [1.165, 1.54) is 14.0 Å². The number of nitrogens with one attached hydrogen (secondary N) is 1. The average molecular weight is 413 g/mol. The summed E-state index contributed by atoms with van der Waals surface area (Å²) < 4.78 is 59.8. The molecule has 1 N–H and O–H groups in total. The highest BCUT2D eigenvalue weighted by molar-refractivity contribution is 5.77. The molecule has 0 aromatic heterocycles. The van der Waals surface area contributed by atoms with Gasteiger partial charge in [0.1, 0.15) is 5.82 Å². The SMILES string of the molecule is CCCC1=C(C#N)C(c2ccc(F)cc2C(F)(F)F)C(C)(C(=O)[O-])C(COC)N1. The van der Waals surface area contributed by atoms with Crippen molar-refractivity contribution in [2.75, 3.05) is 13.7 Å². The second kappa shape index (κ2) is 8.41. The second-order valence-electron chi connectivity index (χ2n) is 7.14. The van der Waals surface area contributed by atoms with Crippen molar-refractivity contribution in [3.8, 4) is 6.07 Å². The second-order valence-corrected chi connectivity index (χ2v) is 7.14. The van der Waals surface area contributed by atoms with E-state index in [0.29, 0.717) is 24.6 Å². The van der Waals surface area contributed by atoms with E-state index in [1.807, 2.05) is 13.0 Å². The van der Waals surface area contributed by atoms with Gasteiger partial charge in [-0.3, -0.25) is 0 Å². The normalized spacial score (nSPS) is 24.8. The molecule has 1 aromatic carbocycles. The third-order valence-corrected chi connectivity index (χ3v) is 5.31. The monoisotopic (exact) mass is 413 g/mol. The van der Waals surface area contributed by atoms with E-state index in [9.17, 15) is 32.7 Å². The molecule has 0 spiro atoms. The van der Waals surface area contributed by atoms with Gasteiger partial charge >= 0.3 is 6.18 Å². The minimum Gasteiger partial charge on any atom is -0.549 e. The Bertz CT molecular complexity index is 860. The molecule has 0 saturated carbocycles. The predicted molar refractivity (Wildman–Crippen MR) is 93.6 cm³/mol. The molecule has 0 bridgehead atoms. The Morgan fingerprint density at radius 3 is 2.55 bits per heavy atom. The summed E-state index contributed by atoms with van der Waals surface area (Å²) in [4.78, 5) is 12.2. The molecule has 0 saturated heterocycles. The van der Waals surface area contributed by atoms with Gasteiger partial charge in [-0.15, -0.1) is 0 Å². The first kappa shape index (κ1) is 22.7. The molecule has 1 aromatic rings. The Labute approximate surface area is 166 Å². The van der Waals surface area contributed by atoms with E-state index < -0.39 is 46.5 Å². The lowest BCUT2D eigenvalue weighted by Crippen LogP contribution is -2.61. The van der Waals surface area contributed by atoms with Gasteiger partial charge in [-0.05, 0) is 24.1 Å². The first-order chi connectivity index (χ1) is 13.5. The molecule has 0 amide bonds. The number of nitrogens with zero attached hydrogens (tertiary/aromatic N) is 1. The molecule has 3 unspecified atom stereocenters. The summed E-state index contributed by atoms with van der Waals surface area (Å²) in [7, 11) is 1.33. The fraction of sp³-hybridized carbons (Fsp3) is 0.500. The van der Waals surface area contributed by atoms with Crippen molar-refractivity contribution in [2.24, 2.45) is 5.41 Å². The fourth-order valence-corrected chi connectivity index (χ4v) is 3.85. The Balaban J connectivity index is 2.90. The molecule has 0 aliphatic carbocycles. The number of aliphatic carboxylic acids is 1. The number of benzene rings is 1. The zero-order valence-electron chi connectivity index (χ0n) is 16.2. The van der Waals surface area contributed by atoms with E-state index in [2.05, 4.69) is 5.32 Å². The van der Waals surface area contributed by atoms with Crippen LogP contribution in [0.4, 0.5) is 17.6 Å². The summed E-state index contributed by atoms with van der Waals surface area (Å²) in [6.07, 6.45) is -4.06. The molecule has 1 heterocycles. The Morgan fingerprint density at radius 2 is 2.07 bits per heavy atom. The van der Waals surface area contributed by atoms with E-state index in [1.54, 1.807) is 0 Å². The van der Waals surface area contributed by atoms with Gasteiger partial charge in [0, 0.05) is 24.1 Å². The summed E-state index contributed by atoms with van der Waals surface area (Å²) in [5.41, 5.74) is -3.56.